The lowest BCUT2D eigenvalue weighted by molar-refractivity contribution is 0.394. The Balaban J connectivity index is 2.12. The van der Waals surface area contributed by atoms with E-state index in [-0.39, 0.29) is 17.3 Å². The molecule has 8 nitrogen and oxygen atoms in total. The van der Waals surface area contributed by atoms with Gasteiger partial charge in [-0.05, 0) is 24.3 Å². The highest BCUT2D eigenvalue weighted by Gasteiger charge is 2.19. The van der Waals surface area contributed by atoms with E-state index < -0.39 is 25.1 Å². The lowest BCUT2D eigenvalue weighted by Gasteiger charge is -2.04. The van der Waals surface area contributed by atoms with Gasteiger partial charge in [-0.1, -0.05) is 16.7 Å². The van der Waals surface area contributed by atoms with E-state index in [4.69, 9.17) is 16.0 Å². The monoisotopic (exact) mass is 351 g/mol. The molecule has 0 fully saturated rings. The number of sulfone groups is 1. The molecule has 1 aromatic carbocycles. The number of sulfonamides is 1. The van der Waals surface area contributed by atoms with Crippen LogP contribution >= 0.6 is 11.6 Å². The van der Waals surface area contributed by atoms with E-state index in [1.54, 1.807) is 0 Å². The molecular formula is C10H10ClN3O5S2. The van der Waals surface area contributed by atoms with Crippen LogP contribution in [-0.4, -0.2) is 33.3 Å². The highest BCUT2D eigenvalue weighted by molar-refractivity contribution is 7.90. The molecule has 0 saturated heterocycles. The Bertz CT molecular complexity index is 843. The smallest absolute Gasteiger partial charge is 0.335 e. The first-order chi connectivity index (χ1) is 9.68. The lowest BCUT2D eigenvalue weighted by atomic mass is 10.4. The van der Waals surface area contributed by atoms with Gasteiger partial charge in [0, 0.05) is 11.3 Å². The third kappa shape index (κ3) is 4.00. The number of nitrogens with zero attached hydrogens (tertiary/aromatic N) is 2. The molecule has 11 heteroatoms. The van der Waals surface area contributed by atoms with Gasteiger partial charge in [0.05, 0.1) is 11.4 Å². The maximum atomic E-state index is 12.0. The number of hydrogen-bond acceptors (Lipinski definition) is 7. The van der Waals surface area contributed by atoms with E-state index >= 15 is 0 Å². The van der Waals surface area contributed by atoms with Crippen LogP contribution in [0.2, 0.25) is 5.02 Å². The van der Waals surface area contributed by atoms with E-state index in [1.165, 1.54) is 24.3 Å². The maximum absolute atomic E-state index is 12.0. The van der Waals surface area contributed by atoms with Crippen molar-refractivity contribution in [1.29, 1.82) is 0 Å². The van der Waals surface area contributed by atoms with Crippen molar-refractivity contribution in [2.24, 2.45) is 0 Å². The van der Waals surface area contributed by atoms with Crippen molar-refractivity contribution in [3.63, 3.8) is 0 Å². The molecule has 0 aliphatic carbocycles. The van der Waals surface area contributed by atoms with Gasteiger partial charge in [0.1, 0.15) is 0 Å². The summed E-state index contributed by atoms with van der Waals surface area (Å²) in [5.74, 6) is -0.159. The van der Waals surface area contributed by atoms with Crippen LogP contribution in [0.15, 0.2) is 38.8 Å². The summed E-state index contributed by atoms with van der Waals surface area (Å²) in [5.41, 5.74) is 0. The van der Waals surface area contributed by atoms with Crippen molar-refractivity contribution >= 4 is 31.5 Å². The first kappa shape index (κ1) is 15.9. The normalized spacial score (nSPS) is 12.5. The average molecular weight is 352 g/mol. The minimum absolute atomic E-state index is 0.00903. The Morgan fingerprint density at radius 3 is 2.29 bits per heavy atom. The summed E-state index contributed by atoms with van der Waals surface area (Å²) in [6, 6.07) is 5.54. The van der Waals surface area contributed by atoms with Gasteiger partial charge in [-0.3, -0.25) is 0 Å². The molecule has 0 saturated carbocycles. The van der Waals surface area contributed by atoms with E-state index in [1.807, 2.05) is 0 Å². The SMILES string of the molecule is CS(=O)(=O)c1nnc(CNS(=O)(=O)c2ccc(Cl)cc2)o1. The summed E-state index contributed by atoms with van der Waals surface area (Å²) >= 11 is 5.67. The molecule has 2 aromatic rings. The molecular weight excluding hydrogens is 342 g/mol. The third-order valence-corrected chi connectivity index (χ3v) is 4.77. The fraction of sp³-hybridized carbons (Fsp3) is 0.200. The van der Waals surface area contributed by atoms with E-state index in [2.05, 4.69) is 14.9 Å². The van der Waals surface area contributed by atoms with E-state index in [0.717, 1.165) is 6.26 Å². The Morgan fingerprint density at radius 2 is 1.76 bits per heavy atom. The minimum Gasteiger partial charge on any atom is -0.411 e. The third-order valence-electron chi connectivity index (χ3n) is 2.30. The average Bonchev–Trinajstić information content (AvgIpc) is 2.86. The second kappa shape index (κ2) is 5.72. The molecule has 1 aromatic heterocycles. The summed E-state index contributed by atoms with van der Waals surface area (Å²) < 4.78 is 53.3. The quantitative estimate of drug-likeness (QED) is 0.837. The van der Waals surface area contributed by atoms with Gasteiger partial charge < -0.3 is 4.42 Å². The molecule has 0 unspecified atom stereocenters. The molecule has 0 atom stereocenters. The summed E-state index contributed by atoms with van der Waals surface area (Å²) in [6.07, 6.45) is 0.905. The fourth-order valence-electron chi connectivity index (χ4n) is 1.31. The molecule has 1 N–H and O–H groups in total. The molecule has 0 aliphatic rings. The van der Waals surface area contributed by atoms with Gasteiger partial charge in [0.2, 0.25) is 25.8 Å². The number of hydrogen-bond donors (Lipinski definition) is 1. The van der Waals surface area contributed by atoms with Crippen molar-refractivity contribution in [3.8, 4) is 0 Å². The van der Waals surface area contributed by atoms with Crippen molar-refractivity contribution in [2.75, 3.05) is 6.26 Å². The molecule has 21 heavy (non-hydrogen) atoms. The lowest BCUT2D eigenvalue weighted by Crippen LogP contribution is -2.23. The van der Waals surface area contributed by atoms with Crippen molar-refractivity contribution in [1.82, 2.24) is 14.9 Å². The molecule has 0 bridgehead atoms. The topological polar surface area (TPSA) is 119 Å². The van der Waals surface area contributed by atoms with Gasteiger partial charge in [0.15, 0.2) is 0 Å². The molecule has 2 rings (SSSR count). The first-order valence-electron chi connectivity index (χ1n) is 5.46. The first-order valence-corrected chi connectivity index (χ1v) is 9.21. The Labute approximate surface area is 126 Å². The summed E-state index contributed by atoms with van der Waals surface area (Å²) in [6.45, 7) is -0.326. The van der Waals surface area contributed by atoms with Crippen molar-refractivity contribution in [2.45, 2.75) is 16.7 Å². The van der Waals surface area contributed by atoms with Crippen LogP contribution in [-0.2, 0) is 26.4 Å². The predicted molar refractivity (Wildman–Crippen MR) is 72.9 cm³/mol. The van der Waals surface area contributed by atoms with E-state index in [0.29, 0.717) is 5.02 Å². The second-order valence-corrected chi connectivity index (χ2v) is 8.11. The summed E-state index contributed by atoms with van der Waals surface area (Å²) in [7, 11) is -7.41. The molecule has 0 amide bonds. The Morgan fingerprint density at radius 1 is 1.14 bits per heavy atom. The number of halogens is 1. The maximum Gasteiger partial charge on any atom is 0.335 e. The summed E-state index contributed by atoms with van der Waals surface area (Å²) in [5, 5.41) is 6.60. The van der Waals surface area contributed by atoms with Gasteiger partial charge >= 0.3 is 5.22 Å². The molecule has 0 radical (unpaired) electrons. The number of rotatable bonds is 5. The Hall–Kier alpha value is -1.49. The predicted octanol–water partition coefficient (Wildman–Crippen LogP) is 0.605. The van der Waals surface area contributed by atoms with Gasteiger partial charge in [-0.25, -0.2) is 21.6 Å². The molecule has 1 heterocycles. The Kier molecular flexibility index (Phi) is 4.33. The van der Waals surface area contributed by atoms with Crippen molar-refractivity contribution < 1.29 is 21.3 Å². The second-order valence-electron chi connectivity index (χ2n) is 4.01. The molecule has 0 spiro atoms. The molecule has 0 aliphatic heterocycles. The van der Waals surface area contributed by atoms with Gasteiger partial charge in [-0.15, -0.1) is 5.10 Å². The minimum atomic E-state index is -3.79. The van der Waals surface area contributed by atoms with Crippen LogP contribution in [0.5, 0.6) is 0 Å². The van der Waals surface area contributed by atoms with Crippen LogP contribution in [0.1, 0.15) is 5.89 Å². The van der Waals surface area contributed by atoms with Crippen molar-refractivity contribution in [3.05, 3.63) is 35.2 Å². The van der Waals surface area contributed by atoms with Crippen LogP contribution < -0.4 is 4.72 Å². The van der Waals surface area contributed by atoms with Gasteiger partial charge in [0.25, 0.3) is 0 Å². The highest BCUT2D eigenvalue weighted by Crippen LogP contribution is 2.14. The zero-order chi connectivity index (χ0) is 15.7. The van der Waals surface area contributed by atoms with Crippen LogP contribution in [0, 0.1) is 0 Å². The largest absolute Gasteiger partial charge is 0.411 e. The van der Waals surface area contributed by atoms with Crippen LogP contribution in [0.4, 0.5) is 0 Å². The van der Waals surface area contributed by atoms with E-state index in [9.17, 15) is 16.8 Å². The van der Waals surface area contributed by atoms with Crippen LogP contribution in [0.25, 0.3) is 0 Å². The highest BCUT2D eigenvalue weighted by atomic mass is 35.5. The van der Waals surface area contributed by atoms with Gasteiger partial charge in [-0.2, -0.15) is 0 Å². The van der Waals surface area contributed by atoms with Crippen LogP contribution in [0.3, 0.4) is 0 Å². The number of nitrogens with one attached hydrogen (secondary N) is 1. The number of benzene rings is 1. The standard InChI is InChI=1S/C10H10ClN3O5S2/c1-20(15,16)10-14-13-9(19-10)6-12-21(17,18)8-4-2-7(11)3-5-8/h2-5,12H,6H2,1H3. The summed E-state index contributed by atoms with van der Waals surface area (Å²) in [4.78, 5) is 0.00903. The number of aromatic nitrogens is 2. The zero-order valence-electron chi connectivity index (χ0n) is 10.6. The fourth-order valence-corrected chi connectivity index (χ4v) is 2.85. The zero-order valence-corrected chi connectivity index (χ0v) is 13.0. The molecule has 114 valence electrons.